The lowest BCUT2D eigenvalue weighted by Crippen LogP contribution is -2.47. The minimum atomic E-state index is -0.479. The number of amides is 2. The molecule has 0 saturated heterocycles. The number of hydrogen-bond acceptors (Lipinski definition) is 4. The van der Waals surface area contributed by atoms with Gasteiger partial charge in [0.1, 0.15) is 0 Å². The Balaban J connectivity index is 1.56. The van der Waals surface area contributed by atoms with Crippen LogP contribution in [0, 0.1) is 10.1 Å². The van der Waals surface area contributed by atoms with Crippen LogP contribution in [0.1, 0.15) is 85.8 Å². The standard InChI is InChI=1S/C31H35N3O4/c1-3-4-5-9-14-26(23-12-7-6-8-13-23)30(35)32-28-21-22(2)33(29-16-11-10-15-27(28)29)31(36)24-17-19-25(20-18-24)34(37)38/h6-8,10-13,15-20,22,26,28H,3-5,9,14,21H2,1-2H3,(H,32,35). The van der Waals surface area contributed by atoms with E-state index in [0.717, 1.165) is 48.9 Å². The van der Waals surface area contributed by atoms with Crippen molar-refractivity contribution in [1.82, 2.24) is 5.32 Å². The summed E-state index contributed by atoms with van der Waals surface area (Å²) >= 11 is 0. The van der Waals surface area contributed by atoms with Crippen molar-refractivity contribution in [2.24, 2.45) is 0 Å². The highest BCUT2D eigenvalue weighted by molar-refractivity contribution is 6.07. The molecule has 0 aromatic heterocycles. The van der Waals surface area contributed by atoms with E-state index in [1.54, 1.807) is 4.90 Å². The van der Waals surface area contributed by atoms with Crippen LogP contribution in [0.3, 0.4) is 0 Å². The second kappa shape index (κ2) is 12.5. The first-order chi connectivity index (χ1) is 18.4. The molecule has 38 heavy (non-hydrogen) atoms. The van der Waals surface area contributed by atoms with Gasteiger partial charge in [-0.05, 0) is 49.1 Å². The first kappa shape index (κ1) is 27.0. The fourth-order valence-electron chi connectivity index (χ4n) is 5.31. The highest BCUT2D eigenvalue weighted by atomic mass is 16.6. The van der Waals surface area contributed by atoms with Crippen molar-refractivity contribution in [3.8, 4) is 0 Å². The van der Waals surface area contributed by atoms with E-state index in [1.807, 2.05) is 61.5 Å². The van der Waals surface area contributed by atoms with E-state index in [2.05, 4.69) is 12.2 Å². The van der Waals surface area contributed by atoms with E-state index in [9.17, 15) is 19.7 Å². The number of non-ortho nitro benzene ring substituents is 1. The average Bonchev–Trinajstić information content (AvgIpc) is 2.93. The van der Waals surface area contributed by atoms with Crippen molar-refractivity contribution in [1.29, 1.82) is 0 Å². The molecule has 1 aliphatic heterocycles. The molecule has 1 N–H and O–H groups in total. The van der Waals surface area contributed by atoms with Crippen LogP contribution in [0.4, 0.5) is 11.4 Å². The van der Waals surface area contributed by atoms with Gasteiger partial charge in [0.2, 0.25) is 5.91 Å². The van der Waals surface area contributed by atoms with Gasteiger partial charge in [0, 0.05) is 29.4 Å². The Labute approximate surface area is 224 Å². The van der Waals surface area contributed by atoms with Crippen molar-refractivity contribution >= 4 is 23.2 Å². The Morgan fingerprint density at radius 2 is 1.66 bits per heavy atom. The summed E-state index contributed by atoms with van der Waals surface area (Å²) in [5, 5.41) is 14.3. The van der Waals surface area contributed by atoms with Crippen LogP contribution in [0.25, 0.3) is 0 Å². The number of carbonyl (C=O) groups is 2. The first-order valence-corrected chi connectivity index (χ1v) is 13.4. The molecule has 7 heteroatoms. The number of nitrogens with one attached hydrogen (secondary N) is 1. The van der Waals surface area contributed by atoms with Gasteiger partial charge in [-0.15, -0.1) is 0 Å². The fourth-order valence-corrected chi connectivity index (χ4v) is 5.31. The van der Waals surface area contributed by atoms with Crippen LogP contribution >= 0.6 is 0 Å². The number of nitro groups is 1. The zero-order valence-corrected chi connectivity index (χ0v) is 22.0. The summed E-state index contributed by atoms with van der Waals surface area (Å²) < 4.78 is 0. The Morgan fingerprint density at radius 1 is 0.974 bits per heavy atom. The number of anilines is 1. The summed E-state index contributed by atoms with van der Waals surface area (Å²) in [6.45, 7) is 4.15. The van der Waals surface area contributed by atoms with E-state index in [-0.39, 0.29) is 35.5 Å². The minimum Gasteiger partial charge on any atom is -0.349 e. The quantitative estimate of drug-likeness (QED) is 0.180. The Morgan fingerprint density at radius 3 is 2.34 bits per heavy atom. The average molecular weight is 514 g/mol. The Bertz CT molecular complexity index is 1260. The zero-order chi connectivity index (χ0) is 27.1. The normalized spacial score (nSPS) is 17.4. The lowest BCUT2D eigenvalue weighted by atomic mass is 9.88. The molecule has 0 spiro atoms. The summed E-state index contributed by atoms with van der Waals surface area (Å²) in [5.74, 6) is -0.437. The molecule has 0 radical (unpaired) electrons. The van der Waals surface area contributed by atoms with Crippen molar-refractivity contribution in [3.63, 3.8) is 0 Å². The molecule has 0 bridgehead atoms. The number of nitro benzene ring substituents is 1. The molecule has 3 aromatic rings. The summed E-state index contributed by atoms with van der Waals surface area (Å²) in [7, 11) is 0. The first-order valence-electron chi connectivity index (χ1n) is 13.4. The number of fused-ring (bicyclic) bond motifs is 1. The maximum atomic E-state index is 13.7. The van der Waals surface area contributed by atoms with E-state index in [0.29, 0.717) is 12.0 Å². The molecule has 3 atom stereocenters. The number of para-hydroxylation sites is 1. The number of nitrogens with zero attached hydrogens (tertiary/aromatic N) is 2. The van der Waals surface area contributed by atoms with Gasteiger partial charge in [0.15, 0.2) is 0 Å². The van der Waals surface area contributed by atoms with Gasteiger partial charge in [0.25, 0.3) is 11.6 Å². The second-order valence-corrected chi connectivity index (χ2v) is 10.00. The minimum absolute atomic E-state index is 0.00912. The molecule has 1 aliphatic rings. The lowest BCUT2D eigenvalue weighted by Gasteiger charge is -2.40. The van der Waals surface area contributed by atoms with Gasteiger partial charge in [-0.2, -0.15) is 0 Å². The van der Waals surface area contributed by atoms with Crippen molar-refractivity contribution in [2.45, 2.75) is 70.4 Å². The van der Waals surface area contributed by atoms with Crippen LogP contribution < -0.4 is 10.2 Å². The predicted octanol–water partition coefficient (Wildman–Crippen LogP) is 6.95. The van der Waals surface area contributed by atoms with Crippen LogP contribution in [-0.4, -0.2) is 22.8 Å². The van der Waals surface area contributed by atoms with Crippen molar-refractivity contribution in [2.75, 3.05) is 4.90 Å². The monoisotopic (exact) mass is 513 g/mol. The molecule has 0 aliphatic carbocycles. The topological polar surface area (TPSA) is 92.6 Å². The van der Waals surface area contributed by atoms with Gasteiger partial charge < -0.3 is 10.2 Å². The maximum absolute atomic E-state index is 13.7. The summed E-state index contributed by atoms with van der Waals surface area (Å²) in [5.41, 5.74) is 3.00. The van der Waals surface area contributed by atoms with Gasteiger partial charge in [-0.1, -0.05) is 81.1 Å². The zero-order valence-electron chi connectivity index (χ0n) is 22.0. The molecule has 4 rings (SSSR count). The Kier molecular flexibility index (Phi) is 8.89. The highest BCUT2D eigenvalue weighted by Crippen LogP contribution is 2.38. The third-order valence-corrected chi connectivity index (χ3v) is 7.31. The molecule has 3 aromatic carbocycles. The smallest absolute Gasteiger partial charge is 0.269 e. The maximum Gasteiger partial charge on any atom is 0.269 e. The van der Waals surface area contributed by atoms with Crippen LogP contribution in [0.5, 0.6) is 0 Å². The third kappa shape index (κ3) is 6.10. The number of carbonyl (C=O) groups excluding carboxylic acids is 2. The van der Waals surface area contributed by atoms with Gasteiger partial charge in [-0.3, -0.25) is 19.7 Å². The Hall–Kier alpha value is -4.00. The molecule has 2 amide bonds. The van der Waals surface area contributed by atoms with Gasteiger partial charge >= 0.3 is 0 Å². The predicted molar refractivity (Wildman–Crippen MR) is 149 cm³/mol. The third-order valence-electron chi connectivity index (χ3n) is 7.31. The molecule has 7 nitrogen and oxygen atoms in total. The largest absolute Gasteiger partial charge is 0.349 e. The number of benzene rings is 3. The van der Waals surface area contributed by atoms with Gasteiger partial charge in [-0.25, -0.2) is 0 Å². The second-order valence-electron chi connectivity index (χ2n) is 10.00. The number of rotatable bonds is 10. The van der Waals surface area contributed by atoms with E-state index >= 15 is 0 Å². The van der Waals surface area contributed by atoms with Crippen molar-refractivity contribution < 1.29 is 14.5 Å². The van der Waals surface area contributed by atoms with E-state index in [4.69, 9.17) is 0 Å². The molecular formula is C31H35N3O4. The molecule has 0 saturated carbocycles. The molecule has 1 heterocycles. The van der Waals surface area contributed by atoms with E-state index < -0.39 is 4.92 Å². The summed E-state index contributed by atoms with van der Waals surface area (Å²) in [6.07, 6.45) is 5.78. The summed E-state index contributed by atoms with van der Waals surface area (Å²) in [4.78, 5) is 39.5. The SMILES string of the molecule is CCCCCCC(C(=O)NC1CC(C)N(C(=O)c2ccc([N+](=O)[O-])cc2)c2ccccc21)c1ccccc1. The van der Waals surface area contributed by atoms with E-state index in [1.165, 1.54) is 24.3 Å². The highest BCUT2D eigenvalue weighted by Gasteiger charge is 2.35. The molecule has 3 unspecified atom stereocenters. The van der Waals surface area contributed by atoms with Crippen LogP contribution in [-0.2, 0) is 4.79 Å². The number of unbranched alkanes of at least 4 members (excludes halogenated alkanes) is 3. The molecular weight excluding hydrogens is 478 g/mol. The van der Waals surface area contributed by atoms with Crippen molar-refractivity contribution in [3.05, 3.63) is 106 Å². The molecule has 0 fully saturated rings. The van der Waals surface area contributed by atoms with Crippen LogP contribution in [0.2, 0.25) is 0 Å². The van der Waals surface area contributed by atoms with Crippen LogP contribution in [0.15, 0.2) is 78.9 Å². The summed E-state index contributed by atoms with van der Waals surface area (Å²) in [6, 6.07) is 22.9. The fraction of sp³-hybridized carbons (Fsp3) is 0.355. The molecule has 198 valence electrons. The number of hydrogen-bond donors (Lipinski definition) is 1. The lowest BCUT2D eigenvalue weighted by molar-refractivity contribution is -0.384. The van der Waals surface area contributed by atoms with Gasteiger partial charge in [0.05, 0.1) is 16.9 Å².